The molecule has 4 heteroatoms. The Morgan fingerprint density at radius 1 is 1.17 bits per heavy atom. The van der Waals surface area contributed by atoms with Crippen molar-refractivity contribution >= 4 is 28.2 Å². The number of carbonyl (C=O) groups is 1. The van der Waals surface area contributed by atoms with Crippen molar-refractivity contribution < 1.29 is 9.53 Å². The van der Waals surface area contributed by atoms with Gasteiger partial charge in [0.15, 0.2) is 0 Å². The second-order valence-electron chi connectivity index (χ2n) is 5.31. The Hall–Kier alpha value is -2.88. The van der Waals surface area contributed by atoms with Gasteiger partial charge in [0.2, 0.25) is 0 Å². The molecule has 1 heterocycles. The van der Waals surface area contributed by atoms with Crippen LogP contribution in [0.15, 0.2) is 54.7 Å². The van der Waals surface area contributed by atoms with Gasteiger partial charge in [0.25, 0.3) is 0 Å². The van der Waals surface area contributed by atoms with Gasteiger partial charge in [-0.25, -0.2) is 4.79 Å². The minimum absolute atomic E-state index is 0.326. The summed E-state index contributed by atoms with van der Waals surface area (Å²) in [6.07, 6.45) is 1.76. The van der Waals surface area contributed by atoms with Crippen molar-refractivity contribution in [1.82, 2.24) is 4.98 Å². The van der Waals surface area contributed by atoms with E-state index in [0.717, 1.165) is 22.2 Å². The maximum atomic E-state index is 12.1. The number of rotatable bonds is 4. The van der Waals surface area contributed by atoms with Gasteiger partial charge >= 0.3 is 5.97 Å². The molecule has 0 saturated carbocycles. The molecule has 4 nitrogen and oxygen atoms in total. The van der Waals surface area contributed by atoms with Crippen LogP contribution in [0.4, 0.5) is 11.4 Å². The number of pyridine rings is 1. The number of aromatic nitrogens is 1. The summed E-state index contributed by atoms with van der Waals surface area (Å²) in [7, 11) is 0. The van der Waals surface area contributed by atoms with Crippen LogP contribution in [-0.4, -0.2) is 17.6 Å². The van der Waals surface area contributed by atoms with E-state index >= 15 is 0 Å². The van der Waals surface area contributed by atoms with Crippen LogP contribution in [-0.2, 0) is 4.74 Å². The molecule has 0 atom stereocenters. The van der Waals surface area contributed by atoms with Crippen LogP contribution >= 0.6 is 0 Å². The van der Waals surface area contributed by atoms with Crippen molar-refractivity contribution in [2.45, 2.75) is 13.8 Å². The Kier molecular flexibility index (Phi) is 4.24. The van der Waals surface area contributed by atoms with E-state index < -0.39 is 0 Å². The first-order chi connectivity index (χ1) is 11.2. The Morgan fingerprint density at radius 3 is 2.83 bits per heavy atom. The maximum absolute atomic E-state index is 12.1. The molecule has 0 aliphatic carbocycles. The van der Waals surface area contributed by atoms with E-state index in [1.807, 2.05) is 55.5 Å². The van der Waals surface area contributed by atoms with Crippen LogP contribution < -0.4 is 5.32 Å². The summed E-state index contributed by atoms with van der Waals surface area (Å²) in [5, 5.41) is 4.31. The first kappa shape index (κ1) is 15.0. The summed E-state index contributed by atoms with van der Waals surface area (Å²) in [5.74, 6) is -0.326. The van der Waals surface area contributed by atoms with Crippen molar-refractivity contribution in [3.8, 4) is 0 Å². The summed E-state index contributed by atoms with van der Waals surface area (Å²) < 4.78 is 5.14. The van der Waals surface area contributed by atoms with Crippen LogP contribution in [0, 0.1) is 6.92 Å². The Labute approximate surface area is 135 Å². The first-order valence-electron chi connectivity index (χ1n) is 7.57. The lowest BCUT2D eigenvalue weighted by molar-refractivity contribution is 0.0527. The normalized spacial score (nSPS) is 10.5. The Bertz CT molecular complexity index is 859. The Morgan fingerprint density at radius 2 is 2.00 bits per heavy atom. The summed E-state index contributed by atoms with van der Waals surface area (Å²) in [6, 6.07) is 15.6. The zero-order chi connectivity index (χ0) is 16.2. The van der Waals surface area contributed by atoms with Gasteiger partial charge in [0.05, 0.1) is 35.3 Å². The maximum Gasteiger partial charge on any atom is 0.340 e. The molecule has 2 aromatic carbocycles. The van der Waals surface area contributed by atoms with E-state index in [9.17, 15) is 4.79 Å². The van der Waals surface area contributed by atoms with Crippen LogP contribution in [0.1, 0.15) is 22.8 Å². The third-order valence-corrected chi connectivity index (χ3v) is 3.54. The van der Waals surface area contributed by atoms with Crippen LogP contribution in [0.5, 0.6) is 0 Å². The van der Waals surface area contributed by atoms with E-state index in [-0.39, 0.29) is 5.97 Å². The fourth-order valence-electron chi connectivity index (χ4n) is 2.44. The minimum atomic E-state index is -0.326. The summed E-state index contributed by atoms with van der Waals surface area (Å²) in [6.45, 7) is 4.10. The van der Waals surface area contributed by atoms with Crippen LogP contribution in [0.25, 0.3) is 10.9 Å². The highest BCUT2D eigenvalue weighted by Gasteiger charge is 2.13. The zero-order valence-corrected chi connectivity index (χ0v) is 13.2. The average molecular weight is 306 g/mol. The molecule has 0 radical (unpaired) electrons. The highest BCUT2D eigenvalue weighted by Crippen LogP contribution is 2.24. The first-order valence-corrected chi connectivity index (χ1v) is 7.57. The highest BCUT2D eigenvalue weighted by atomic mass is 16.5. The quantitative estimate of drug-likeness (QED) is 0.723. The number of anilines is 2. The lowest BCUT2D eigenvalue weighted by atomic mass is 10.1. The molecule has 1 aromatic heterocycles. The standard InChI is InChI=1S/C19H18N2O2/c1-3-23-19(22)16-10-13(2)8-9-18(16)21-15-11-14-6-4-5-7-17(14)20-12-15/h4-12,21H,3H2,1-2H3. The number of carbonyl (C=O) groups excluding carboxylic acids is 1. The van der Waals surface area contributed by atoms with E-state index in [0.29, 0.717) is 17.9 Å². The van der Waals surface area contributed by atoms with E-state index in [2.05, 4.69) is 10.3 Å². The summed E-state index contributed by atoms with van der Waals surface area (Å²) in [4.78, 5) is 16.6. The lowest BCUT2D eigenvalue weighted by Crippen LogP contribution is -2.08. The van der Waals surface area contributed by atoms with E-state index in [1.54, 1.807) is 13.1 Å². The molecule has 3 rings (SSSR count). The van der Waals surface area contributed by atoms with Gasteiger partial charge in [0, 0.05) is 5.39 Å². The third kappa shape index (κ3) is 3.31. The van der Waals surface area contributed by atoms with Crippen molar-refractivity contribution in [1.29, 1.82) is 0 Å². The lowest BCUT2D eigenvalue weighted by Gasteiger charge is -2.12. The summed E-state index contributed by atoms with van der Waals surface area (Å²) >= 11 is 0. The number of nitrogens with one attached hydrogen (secondary N) is 1. The molecule has 0 aliphatic rings. The number of para-hydroxylation sites is 1. The zero-order valence-electron chi connectivity index (χ0n) is 13.2. The molecule has 0 amide bonds. The van der Waals surface area contributed by atoms with Gasteiger partial charge in [-0.3, -0.25) is 4.98 Å². The number of ether oxygens (including phenoxy) is 1. The number of hydrogen-bond acceptors (Lipinski definition) is 4. The molecule has 1 N–H and O–H groups in total. The number of hydrogen-bond donors (Lipinski definition) is 1. The van der Waals surface area contributed by atoms with Crippen LogP contribution in [0.2, 0.25) is 0 Å². The molecule has 23 heavy (non-hydrogen) atoms. The molecular weight excluding hydrogens is 288 g/mol. The summed E-state index contributed by atoms with van der Waals surface area (Å²) in [5.41, 5.74) is 4.02. The van der Waals surface area contributed by atoms with Crippen LogP contribution in [0.3, 0.4) is 0 Å². The number of nitrogens with zero attached hydrogens (tertiary/aromatic N) is 1. The fraction of sp³-hybridized carbons (Fsp3) is 0.158. The van der Waals surface area contributed by atoms with Gasteiger partial charge in [-0.2, -0.15) is 0 Å². The second-order valence-corrected chi connectivity index (χ2v) is 5.31. The molecule has 3 aromatic rings. The SMILES string of the molecule is CCOC(=O)c1cc(C)ccc1Nc1cnc2ccccc2c1. The van der Waals surface area contributed by atoms with Crippen molar-refractivity contribution in [2.24, 2.45) is 0 Å². The molecule has 0 aliphatic heterocycles. The number of aryl methyl sites for hydroxylation is 1. The van der Waals surface area contributed by atoms with Gasteiger partial charge in [-0.1, -0.05) is 29.8 Å². The van der Waals surface area contributed by atoms with Crippen molar-refractivity contribution in [2.75, 3.05) is 11.9 Å². The smallest absolute Gasteiger partial charge is 0.340 e. The Balaban J connectivity index is 1.96. The van der Waals surface area contributed by atoms with Gasteiger partial charge in [-0.15, -0.1) is 0 Å². The molecule has 0 spiro atoms. The molecule has 0 saturated heterocycles. The van der Waals surface area contributed by atoms with Gasteiger partial charge in [-0.05, 0) is 38.1 Å². The largest absolute Gasteiger partial charge is 0.462 e. The molecular formula is C19H18N2O2. The number of benzene rings is 2. The molecule has 0 bridgehead atoms. The van der Waals surface area contributed by atoms with E-state index in [1.165, 1.54) is 0 Å². The topological polar surface area (TPSA) is 51.2 Å². The highest BCUT2D eigenvalue weighted by molar-refractivity contribution is 5.97. The molecule has 0 unspecified atom stereocenters. The second kappa shape index (κ2) is 6.48. The van der Waals surface area contributed by atoms with Crippen molar-refractivity contribution in [3.05, 3.63) is 65.9 Å². The third-order valence-electron chi connectivity index (χ3n) is 3.54. The molecule has 0 fully saturated rings. The van der Waals surface area contributed by atoms with Crippen molar-refractivity contribution in [3.63, 3.8) is 0 Å². The van der Waals surface area contributed by atoms with E-state index in [4.69, 9.17) is 4.74 Å². The van der Waals surface area contributed by atoms with Gasteiger partial charge < -0.3 is 10.1 Å². The number of fused-ring (bicyclic) bond motifs is 1. The predicted molar refractivity (Wildman–Crippen MR) is 92.2 cm³/mol. The molecule has 116 valence electrons. The average Bonchev–Trinajstić information content (AvgIpc) is 2.56. The number of esters is 1. The minimum Gasteiger partial charge on any atom is -0.462 e. The predicted octanol–water partition coefficient (Wildman–Crippen LogP) is 4.46. The fourth-order valence-corrected chi connectivity index (χ4v) is 2.44. The monoisotopic (exact) mass is 306 g/mol. The van der Waals surface area contributed by atoms with Gasteiger partial charge in [0.1, 0.15) is 0 Å².